The summed E-state index contributed by atoms with van der Waals surface area (Å²) in [5, 5.41) is 9.52. The molecule has 6 rings (SSSR count). The number of thioether (sulfide) groups is 1. The first kappa shape index (κ1) is 21.5. The number of nitrogens with zero attached hydrogens (tertiary/aromatic N) is 2. The Morgan fingerprint density at radius 2 is 1.69 bits per heavy atom. The lowest BCUT2D eigenvalue weighted by molar-refractivity contribution is -0.141. The van der Waals surface area contributed by atoms with Crippen molar-refractivity contribution in [2.75, 3.05) is 5.75 Å². The van der Waals surface area contributed by atoms with Crippen LogP contribution in [0.5, 0.6) is 0 Å². The second kappa shape index (κ2) is 7.91. The number of pyridine rings is 1. The van der Waals surface area contributed by atoms with Crippen LogP contribution in [-0.2, 0) is 11.0 Å². The maximum Gasteiger partial charge on any atom is 0.417 e. The lowest BCUT2D eigenvalue weighted by Gasteiger charge is -2.56. The fourth-order valence-corrected chi connectivity index (χ4v) is 7.49. The van der Waals surface area contributed by atoms with Crippen LogP contribution in [0.25, 0.3) is 11.3 Å². The molecule has 1 aromatic heterocycles. The number of rotatable bonds is 5. The second-order valence-corrected chi connectivity index (χ2v) is 10.6. The molecule has 0 N–H and O–H groups in total. The van der Waals surface area contributed by atoms with Crippen LogP contribution in [0.4, 0.5) is 13.2 Å². The molecule has 1 aromatic carbocycles. The summed E-state index contributed by atoms with van der Waals surface area (Å²) in [6, 6.07) is 11.2. The predicted molar refractivity (Wildman–Crippen MR) is 116 cm³/mol. The molecule has 4 aliphatic rings. The maximum atomic E-state index is 13.8. The highest BCUT2D eigenvalue weighted by atomic mass is 32.2. The van der Waals surface area contributed by atoms with E-state index in [-0.39, 0.29) is 27.7 Å². The highest BCUT2D eigenvalue weighted by Crippen LogP contribution is 2.60. The molecule has 4 saturated carbocycles. The van der Waals surface area contributed by atoms with Crippen molar-refractivity contribution in [1.82, 2.24) is 4.98 Å². The normalized spacial score (nSPS) is 28.5. The van der Waals surface area contributed by atoms with Crippen molar-refractivity contribution in [2.45, 2.75) is 49.7 Å². The Labute approximate surface area is 189 Å². The molecule has 0 amide bonds. The summed E-state index contributed by atoms with van der Waals surface area (Å²) in [5.74, 6) is 2.01. The minimum atomic E-state index is -4.68. The molecule has 7 heteroatoms. The third kappa shape index (κ3) is 3.83. The average Bonchev–Trinajstić information content (AvgIpc) is 2.75. The van der Waals surface area contributed by atoms with E-state index in [4.69, 9.17) is 0 Å². The molecule has 0 atom stereocenters. The van der Waals surface area contributed by atoms with Crippen molar-refractivity contribution in [2.24, 2.45) is 23.2 Å². The molecule has 0 saturated heterocycles. The summed E-state index contributed by atoms with van der Waals surface area (Å²) in [7, 11) is 0. The van der Waals surface area contributed by atoms with Gasteiger partial charge in [0.2, 0.25) is 0 Å². The molecule has 1 heterocycles. The average molecular weight is 457 g/mol. The monoisotopic (exact) mass is 456 g/mol. The Balaban J connectivity index is 1.45. The first-order valence-corrected chi connectivity index (χ1v) is 12.0. The Kier molecular flexibility index (Phi) is 5.32. The van der Waals surface area contributed by atoms with Gasteiger partial charge >= 0.3 is 6.18 Å². The Morgan fingerprint density at radius 3 is 2.22 bits per heavy atom. The zero-order chi connectivity index (χ0) is 22.5. The molecule has 0 aliphatic heterocycles. The molecule has 0 radical (unpaired) electrons. The topological polar surface area (TPSA) is 53.8 Å². The maximum absolute atomic E-state index is 13.8. The Bertz CT molecular complexity index is 1060. The molecule has 3 nitrogen and oxygen atoms in total. The van der Waals surface area contributed by atoms with Crippen LogP contribution in [0.2, 0.25) is 0 Å². The van der Waals surface area contributed by atoms with E-state index >= 15 is 0 Å². The van der Waals surface area contributed by atoms with Gasteiger partial charge in [0.1, 0.15) is 16.9 Å². The summed E-state index contributed by atoms with van der Waals surface area (Å²) in [6.45, 7) is 0. The van der Waals surface area contributed by atoms with Gasteiger partial charge in [0.05, 0.1) is 22.6 Å². The standard InChI is InChI=1S/C25H23F3N2OS/c26-25(27,28)20-9-21(18-4-2-1-3-5-18)30-23(19(20)13-29)32-14-22(31)24-10-15-6-16(11-24)8-17(7-15)12-24/h1-5,9,15-17H,6-8,10-12,14H2. The number of halogens is 3. The molecule has 0 spiro atoms. The number of carbonyl (C=O) groups is 1. The van der Waals surface area contributed by atoms with Crippen molar-refractivity contribution in [1.29, 1.82) is 5.26 Å². The smallest absolute Gasteiger partial charge is 0.298 e. The zero-order valence-corrected chi connectivity index (χ0v) is 18.3. The molecular weight excluding hydrogens is 433 g/mol. The van der Waals surface area contributed by atoms with Crippen LogP contribution >= 0.6 is 11.8 Å². The number of nitriles is 1. The van der Waals surface area contributed by atoms with E-state index < -0.39 is 17.3 Å². The SMILES string of the molecule is N#Cc1c(C(F)(F)F)cc(-c2ccccc2)nc1SCC(=O)C12CC3CC(CC(C3)C1)C2. The van der Waals surface area contributed by atoms with Gasteiger partial charge in [0.25, 0.3) is 0 Å². The number of aromatic nitrogens is 1. The number of hydrogen-bond donors (Lipinski definition) is 0. The lowest BCUT2D eigenvalue weighted by atomic mass is 9.48. The minimum Gasteiger partial charge on any atom is -0.298 e. The van der Waals surface area contributed by atoms with Crippen LogP contribution in [0.1, 0.15) is 49.7 Å². The zero-order valence-electron chi connectivity index (χ0n) is 17.5. The summed E-state index contributed by atoms with van der Waals surface area (Å²) in [5.41, 5.74) is -1.13. The largest absolute Gasteiger partial charge is 0.417 e. The number of alkyl halides is 3. The van der Waals surface area contributed by atoms with E-state index in [2.05, 4.69) is 4.98 Å². The van der Waals surface area contributed by atoms with Gasteiger partial charge < -0.3 is 0 Å². The van der Waals surface area contributed by atoms with E-state index in [0.717, 1.165) is 37.1 Å². The fourth-order valence-electron chi connectivity index (χ4n) is 6.45. The first-order chi connectivity index (χ1) is 15.3. The predicted octanol–water partition coefficient (Wildman–Crippen LogP) is 6.52. The Morgan fingerprint density at radius 1 is 1.09 bits per heavy atom. The van der Waals surface area contributed by atoms with E-state index in [1.54, 1.807) is 36.4 Å². The second-order valence-electron chi connectivity index (χ2n) is 9.62. The minimum absolute atomic E-state index is 0.0146. The van der Waals surface area contributed by atoms with Gasteiger partial charge in [-0.05, 0) is 62.3 Å². The molecule has 4 aliphatic carbocycles. The van der Waals surface area contributed by atoms with Gasteiger partial charge in [-0.1, -0.05) is 42.1 Å². The molecule has 0 unspecified atom stereocenters. The van der Waals surface area contributed by atoms with E-state index in [1.165, 1.54) is 19.3 Å². The molecule has 2 aromatic rings. The van der Waals surface area contributed by atoms with Gasteiger partial charge in [0.15, 0.2) is 0 Å². The lowest BCUT2D eigenvalue weighted by Crippen LogP contribution is -2.50. The fraction of sp³-hybridized carbons (Fsp3) is 0.480. The quantitative estimate of drug-likeness (QED) is 0.481. The third-order valence-electron chi connectivity index (χ3n) is 7.44. The van der Waals surface area contributed by atoms with Crippen molar-refractivity contribution >= 4 is 17.5 Å². The summed E-state index contributed by atoms with van der Waals surface area (Å²) >= 11 is 0.985. The van der Waals surface area contributed by atoms with Gasteiger partial charge in [-0.15, -0.1) is 0 Å². The van der Waals surface area contributed by atoms with E-state index in [9.17, 15) is 23.2 Å². The highest BCUT2D eigenvalue weighted by Gasteiger charge is 2.54. The molecule has 166 valence electrons. The van der Waals surface area contributed by atoms with Crippen molar-refractivity contribution in [3.8, 4) is 17.3 Å². The van der Waals surface area contributed by atoms with Crippen LogP contribution < -0.4 is 0 Å². The number of Topliss-reactive ketones (excluding diaryl/α,β-unsaturated/α-hetero) is 1. The molecule has 4 fully saturated rings. The Hall–Kier alpha value is -2.33. The summed E-state index contributed by atoms with van der Waals surface area (Å²) in [4.78, 5) is 17.7. The van der Waals surface area contributed by atoms with E-state index in [1.807, 2.05) is 0 Å². The molecule has 32 heavy (non-hydrogen) atoms. The molecular formula is C25H23F3N2OS. The van der Waals surface area contributed by atoms with Crippen LogP contribution in [-0.4, -0.2) is 16.5 Å². The number of hydrogen-bond acceptors (Lipinski definition) is 4. The van der Waals surface area contributed by atoms with Crippen molar-refractivity contribution in [3.05, 3.63) is 47.5 Å². The van der Waals surface area contributed by atoms with Crippen LogP contribution in [0.15, 0.2) is 41.4 Å². The third-order valence-corrected chi connectivity index (χ3v) is 8.42. The highest BCUT2D eigenvalue weighted by molar-refractivity contribution is 8.00. The van der Waals surface area contributed by atoms with Gasteiger partial charge in [-0.3, -0.25) is 4.79 Å². The first-order valence-electron chi connectivity index (χ1n) is 11.0. The van der Waals surface area contributed by atoms with Crippen molar-refractivity contribution < 1.29 is 18.0 Å². The van der Waals surface area contributed by atoms with Gasteiger partial charge in [-0.25, -0.2) is 4.98 Å². The van der Waals surface area contributed by atoms with Crippen molar-refractivity contribution in [3.63, 3.8) is 0 Å². The summed E-state index contributed by atoms with van der Waals surface area (Å²) in [6.07, 6.45) is 1.70. The van der Waals surface area contributed by atoms with Gasteiger partial charge in [0, 0.05) is 11.0 Å². The van der Waals surface area contributed by atoms with Crippen LogP contribution in [0.3, 0.4) is 0 Å². The number of benzene rings is 1. The van der Waals surface area contributed by atoms with Crippen LogP contribution in [0, 0.1) is 34.5 Å². The van der Waals surface area contributed by atoms with E-state index in [0.29, 0.717) is 23.3 Å². The molecule has 4 bridgehead atoms. The number of ketones is 1. The summed E-state index contributed by atoms with van der Waals surface area (Å²) < 4.78 is 41.3. The van der Waals surface area contributed by atoms with Gasteiger partial charge in [-0.2, -0.15) is 18.4 Å². The number of carbonyl (C=O) groups excluding carboxylic acids is 1.